The van der Waals surface area contributed by atoms with E-state index in [0.29, 0.717) is 25.6 Å². The predicted octanol–water partition coefficient (Wildman–Crippen LogP) is 1.27. The van der Waals surface area contributed by atoms with E-state index in [2.05, 4.69) is 6.07 Å². The molecule has 0 spiro atoms. The number of hydrogen-bond acceptors (Lipinski definition) is 3. The van der Waals surface area contributed by atoms with E-state index in [1.54, 1.807) is 0 Å². The monoisotopic (exact) mass is 223 g/mol. The van der Waals surface area contributed by atoms with E-state index in [9.17, 15) is 4.79 Å². The largest absolute Gasteiger partial charge is 0.338 e. The molecule has 1 aliphatic rings. The molecular weight excluding hydrogens is 202 g/mol. The lowest BCUT2D eigenvalue weighted by Crippen LogP contribution is -2.37. The van der Waals surface area contributed by atoms with Crippen molar-refractivity contribution < 1.29 is 4.79 Å². The van der Waals surface area contributed by atoms with E-state index in [-0.39, 0.29) is 11.8 Å². The van der Waals surface area contributed by atoms with E-state index in [1.165, 1.54) is 0 Å². The van der Waals surface area contributed by atoms with Gasteiger partial charge in [-0.05, 0) is 32.2 Å². The van der Waals surface area contributed by atoms with Crippen LogP contribution in [0.15, 0.2) is 0 Å². The van der Waals surface area contributed by atoms with Crippen LogP contribution in [0.2, 0.25) is 0 Å². The predicted molar refractivity (Wildman–Crippen MR) is 62.4 cm³/mol. The molecule has 16 heavy (non-hydrogen) atoms. The molecule has 0 aromatic heterocycles. The van der Waals surface area contributed by atoms with Gasteiger partial charge in [0.25, 0.3) is 0 Å². The number of amides is 1. The first kappa shape index (κ1) is 13.0. The van der Waals surface area contributed by atoms with Gasteiger partial charge in [0, 0.05) is 18.5 Å². The van der Waals surface area contributed by atoms with Crippen LogP contribution < -0.4 is 5.73 Å². The molecule has 0 saturated heterocycles. The van der Waals surface area contributed by atoms with Gasteiger partial charge in [-0.25, -0.2) is 0 Å². The Morgan fingerprint density at radius 2 is 2.31 bits per heavy atom. The third kappa shape index (κ3) is 3.82. The Bertz CT molecular complexity index is 268. The molecule has 0 aromatic carbocycles. The van der Waals surface area contributed by atoms with Gasteiger partial charge in [-0.2, -0.15) is 5.26 Å². The van der Waals surface area contributed by atoms with Crippen LogP contribution in [0.3, 0.4) is 0 Å². The van der Waals surface area contributed by atoms with Crippen LogP contribution in [0, 0.1) is 17.2 Å². The summed E-state index contributed by atoms with van der Waals surface area (Å²) < 4.78 is 0. The highest BCUT2D eigenvalue weighted by atomic mass is 16.2. The summed E-state index contributed by atoms with van der Waals surface area (Å²) in [7, 11) is 0. The average Bonchev–Trinajstić information content (AvgIpc) is 3.10. The minimum Gasteiger partial charge on any atom is -0.338 e. The first-order valence-electron chi connectivity index (χ1n) is 6.08. The molecular formula is C12H21N3O. The van der Waals surface area contributed by atoms with Crippen molar-refractivity contribution in [2.45, 2.75) is 45.1 Å². The number of hydrogen-bond donors (Lipinski definition) is 1. The number of carbonyl (C=O) groups excluding carboxylic acids is 1. The summed E-state index contributed by atoms with van der Waals surface area (Å²) >= 11 is 0. The lowest BCUT2D eigenvalue weighted by molar-refractivity contribution is -0.135. The summed E-state index contributed by atoms with van der Waals surface area (Å²) in [5.74, 6) is 0.244. The fraction of sp³-hybridized carbons (Fsp3) is 0.833. The molecule has 1 amide bonds. The summed E-state index contributed by atoms with van der Waals surface area (Å²) in [5, 5.41) is 8.57. The summed E-state index contributed by atoms with van der Waals surface area (Å²) in [6.45, 7) is 3.19. The SMILES string of the molecule is CC(CCCN)C(=O)N(CCC#N)C1CC1. The fourth-order valence-corrected chi connectivity index (χ4v) is 1.86. The Morgan fingerprint density at radius 3 is 2.81 bits per heavy atom. The van der Waals surface area contributed by atoms with Crippen LogP contribution in [0.4, 0.5) is 0 Å². The first-order valence-corrected chi connectivity index (χ1v) is 6.08. The summed E-state index contributed by atoms with van der Waals surface area (Å²) in [4.78, 5) is 14.0. The number of carbonyl (C=O) groups is 1. The van der Waals surface area contributed by atoms with E-state index in [1.807, 2.05) is 11.8 Å². The molecule has 4 nitrogen and oxygen atoms in total. The normalized spacial score (nSPS) is 16.6. The topological polar surface area (TPSA) is 70.1 Å². The van der Waals surface area contributed by atoms with E-state index in [4.69, 9.17) is 11.0 Å². The number of nitrogens with zero attached hydrogens (tertiary/aromatic N) is 2. The van der Waals surface area contributed by atoms with Gasteiger partial charge in [0.05, 0.1) is 12.5 Å². The zero-order valence-electron chi connectivity index (χ0n) is 9.98. The van der Waals surface area contributed by atoms with Crippen LogP contribution in [-0.4, -0.2) is 29.9 Å². The Hall–Kier alpha value is -1.08. The van der Waals surface area contributed by atoms with Crippen LogP contribution in [0.25, 0.3) is 0 Å². The van der Waals surface area contributed by atoms with Gasteiger partial charge in [-0.15, -0.1) is 0 Å². The minimum atomic E-state index is 0.0443. The van der Waals surface area contributed by atoms with Crippen molar-refractivity contribution in [1.82, 2.24) is 4.90 Å². The minimum absolute atomic E-state index is 0.0443. The highest BCUT2D eigenvalue weighted by molar-refractivity contribution is 5.79. The molecule has 1 fully saturated rings. The maximum Gasteiger partial charge on any atom is 0.225 e. The van der Waals surface area contributed by atoms with Crippen molar-refractivity contribution in [3.05, 3.63) is 0 Å². The standard InChI is InChI=1S/C12H21N3O/c1-10(4-2-7-13)12(16)15(9-3-8-14)11-5-6-11/h10-11H,2-7,9,13H2,1H3. The van der Waals surface area contributed by atoms with Crippen molar-refractivity contribution in [2.24, 2.45) is 11.7 Å². The second-order valence-corrected chi connectivity index (χ2v) is 4.50. The molecule has 1 saturated carbocycles. The molecule has 0 radical (unpaired) electrons. The van der Waals surface area contributed by atoms with Crippen molar-refractivity contribution in [1.29, 1.82) is 5.26 Å². The maximum absolute atomic E-state index is 12.1. The molecule has 1 unspecified atom stereocenters. The number of nitrogens with two attached hydrogens (primary N) is 1. The highest BCUT2D eigenvalue weighted by Crippen LogP contribution is 2.28. The summed E-state index contributed by atoms with van der Waals surface area (Å²) in [6.07, 6.45) is 4.38. The van der Waals surface area contributed by atoms with Crippen molar-refractivity contribution in [3.8, 4) is 6.07 Å². The molecule has 1 rings (SSSR count). The Labute approximate surface area is 97.4 Å². The Balaban J connectivity index is 2.43. The Kier molecular flexibility index (Phi) is 5.27. The van der Waals surface area contributed by atoms with Gasteiger partial charge in [0.15, 0.2) is 0 Å². The summed E-state index contributed by atoms with van der Waals surface area (Å²) in [6, 6.07) is 2.51. The van der Waals surface area contributed by atoms with E-state index in [0.717, 1.165) is 25.7 Å². The molecule has 1 atom stereocenters. The second-order valence-electron chi connectivity index (χ2n) is 4.50. The van der Waals surface area contributed by atoms with Crippen LogP contribution in [0.1, 0.15) is 39.0 Å². The van der Waals surface area contributed by atoms with Gasteiger partial charge in [0.2, 0.25) is 5.91 Å². The lowest BCUT2D eigenvalue weighted by atomic mass is 10.0. The second kappa shape index (κ2) is 6.49. The van der Waals surface area contributed by atoms with Gasteiger partial charge in [0.1, 0.15) is 0 Å². The number of nitriles is 1. The van der Waals surface area contributed by atoms with Gasteiger partial charge >= 0.3 is 0 Å². The first-order chi connectivity index (χ1) is 7.70. The third-order valence-corrected chi connectivity index (χ3v) is 3.00. The van der Waals surface area contributed by atoms with Gasteiger partial charge in [-0.1, -0.05) is 6.92 Å². The van der Waals surface area contributed by atoms with Gasteiger partial charge in [-0.3, -0.25) is 4.79 Å². The van der Waals surface area contributed by atoms with Crippen LogP contribution >= 0.6 is 0 Å². The molecule has 2 N–H and O–H groups in total. The molecule has 0 heterocycles. The van der Waals surface area contributed by atoms with Crippen LogP contribution in [-0.2, 0) is 4.79 Å². The molecule has 0 bridgehead atoms. The number of rotatable bonds is 7. The lowest BCUT2D eigenvalue weighted by Gasteiger charge is -2.24. The average molecular weight is 223 g/mol. The molecule has 1 aliphatic carbocycles. The maximum atomic E-state index is 12.1. The molecule has 90 valence electrons. The highest BCUT2D eigenvalue weighted by Gasteiger charge is 2.33. The van der Waals surface area contributed by atoms with Crippen LogP contribution in [0.5, 0.6) is 0 Å². The third-order valence-electron chi connectivity index (χ3n) is 3.00. The quantitative estimate of drug-likeness (QED) is 0.706. The van der Waals surface area contributed by atoms with E-state index < -0.39 is 0 Å². The van der Waals surface area contributed by atoms with E-state index >= 15 is 0 Å². The molecule has 0 aliphatic heterocycles. The van der Waals surface area contributed by atoms with Gasteiger partial charge < -0.3 is 10.6 Å². The van der Waals surface area contributed by atoms with Crippen molar-refractivity contribution >= 4 is 5.91 Å². The zero-order valence-corrected chi connectivity index (χ0v) is 9.98. The smallest absolute Gasteiger partial charge is 0.225 e. The zero-order chi connectivity index (χ0) is 12.0. The Morgan fingerprint density at radius 1 is 1.62 bits per heavy atom. The summed E-state index contributed by atoms with van der Waals surface area (Å²) in [5.41, 5.74) is 5.44. The molecule has 0 aromatic rings. The fourth-order valence-electron chi connectivity index (χ4n) is 1.86. The van der Waals surface area contributed by atoms with Crippen molar-refractivity contribution in [2.75, 3.05) is 13.1 Å². The molecule has 4 heteroatoms. The van der Waals surface area contributed by atoms with Crippen molar-refractivity contribution in [3.63, 3.8) is 0 Å².